The van der Waals surface area contributed by atoms with Gasteiger partial charge in [0.15, 0.2) is 4.80 Å². The molecule has 0 spiro atoms. The maximum Gasteiger partial charge on any atom is 0.338 e. The van der Waals surface area contributed by atoms with Crippen LogP contribution < -0.4 is 19.6 Å². The average Bonchev–Trinajstić information content (AvgIpc) is 3.50. The number of hydrogen-bond acceptors (Lipinski definition) is 6. The lowest BCUT2D eigenvalue weighted by Crippen LogP contribution is -2.40. The minimum atomic E-state index is -0.747. The van der Waals surface area contributed by atoms with Gasteiger partial charge in [0.1, 0.15) is 11.8 Å². The molecule has 0 unspecified atom stereocenters. The number of ether oxygens (including phenoxy) is 2. The molecule has 0 N–H and O–H groups in total. The molecule has 0 aliphatic carbocycles. The standard InChI is InChI=1S/C36H34ClN3O4S/c1-5-13-28-32(35(42)44-6-2)33(25-16-9-12-19-30(25)43-4)40-34(41)31(45-36(40)38-28)20-26-22(3)39(29-18-11-8-15-24(26)29)21-23-14-7-10-17-27(23)37/h7-12,14-20,33H,5-6,13,21H2,1-4H3/b31-20-/t33-/m1/s1. The van der Waals surface area contributed by atoms with Crippen molar-refractivity contribution < 1.29 is 14.3 Å². The molecule has 7 nitrogen and oxygen atoms in total. The fourth-order valence-corrected chi connectivity index (χ4v) is 7.28. The average molecular weight is 640 g/mol. The van der Waals surface area contributed by atoms with E-state index in [1.54, 1.807) is 18.6 Å². The van der Waals surface area contributed by atoms with Crippen molar-refractivity contribution in [3.05, 3.63) is 131 Å². The molecule has 5 aromatic rings. The number of carbonyl (C=O) groups excluding carboxylic acids is 1. The Morgan fingerprint density at radius 2 is 1.78 bits per heavy atom. The molecule has 2 aromatic heterocycles. The molecule has 0 amide bonds. The van der Waals surface area contributed by atoms with Crippen LogP contribution in [0, 0.1) is 6.92 Å². The van der Waals surface area contributed by atoms with E-state index in [1.165, 1.54) is 11.3 Å². The Hall–Kier alpha value is -4.40. The van der Waals surface area contributed by atoms with E-state index in [1.807, 2.05) is 73.7 Å². The van der Waals surface area contributed by atoms with Crippen LogP contribution in [0.3, 0.4) is 0 Å². The molecule has 1 aliphatic rings. The Bertz CT molecular complexity index is 2140. The molecule has 0 bridgehead atoms. The van der Waals surface area contributed by atoms with E-state index in [0.717, 1.165) is 34.1 Å². The van der Waals surface area contributed by atoms with Gasteiger partial charge in [0.05, 0.1) is 29.5 Å². The molecule has 3 heterocycles. The molecule has 9 heteroatoms. The van der Waals surface area contributed by atoms with Gasteiger partial charge < -0.3 is 14.0 Å². The Morgan fingerprint density at radius 1 is 1.04 bits per heavy atom. The lowest BCUT2D eigenvalue weighted by atomic mass is 9.93. The molecular weight excluding hydrogens is 606 g/mol. The Balaban J connectivity index is 1.59. The Kier molecular flexibility index (Phi) is 8.79. The highest BCUT2D eigenvalue weighted by Gasteiger charge is 2.36. The van der Waals surface area contributed by atoms with Crippen molar-refractivity contribution in [3.8, 4) is 5.75 Å². The zero-order chi connectivity index (χ0) is 31.7. The van der Waals surface area contributed by atoms with Crippen LogP contribution in [0.4, 0.5) is 0 Å². The van der Waals surface area contributed by atoms with Gasteiger partial charge in [0, 0.05) is 39.3 Å². The van der Waals surface area contributed by atoms with Crippen LogP contribution in [0.5, 0.6) is 5.75 Å². The van der Waals surface area contributed by atoms with Crippen LogP contribution in [0.1, 0.15) is 55.1 Å². The smallest absolute Gasteiger partial charge is 0.338 e. The summed E-state index contributed by atoms with van der Waals surface area (Å²) in [5.41, 5.74) is 5.51. The van der Waals surface area contributed by atoms with Crippen molar-refractivity contribution in [2.24, 2.45) is 4.99 Å². The summed E-state index contributed by atoms with van der Waals surface area (Å²) in [7, 11) is 1.59. The van der Waals surface area contributed by atoms with Gasteiger partial charge in [-0.1, -0.05) is 90.9 Å². The first-order valence-electron chi connectivity index (χ1n) is 15.0. The van der Waals surface area contributed by atoms with Gasteiger partial charge in [-0.2, -0.15) is 0 Å². The molecule has 45 heavy (non-hydrogen) atoms. The van der Waals surface area contributed by atoms with Gasteiger partial charge in [-0.15, -0.1) is 0 Å². The van der Waals surface area contributed by atoms with E-state index in [2.05, 4.69) is 23.6 Å². The number of fused-ring (bicyclic) bond motifs is 2. The number of halogens is 1. The first-order valence-corrected chi connectivity index (χ1v) is 16.2. The Labute approximate surface area is 270 Å². The molecule has 230 valence electrons. The monoisotopic (exact) mass is 639 g/mol. The number of rotatable bonds is 9. The van der Waals surface area contributed by atoms with Crippen LogP contribution in [0.25, 0.3) is 17.0 Å². The zero-order valence-corrected chi connectivity index (χ0v) is 27.2. The van der Waals surface area contributed by atoms with Crippen LogP contribution in [-0.4, -0.2) is 28.8 Å². The SMILES string of the molecule is CCCC1=C(C(=O)OCC)[C@@H](c2ccccc2OC)n2c(s/c(=C\c3c(C)n(Cc4ccccc4Cl)c4ccccc34)c2=O)=N1. The topological polar surface area (TPSA) is 74.8 Å². The number of carbonyl (C=O) groups is 1. The van der Waals surface area contributed by atoms with Crippen LogP contribution >= 0.6 is 22.9 Å². The third-order valence-electron chi connectivity index (χ3n) is 8.17. The number of allylic oxidation sites excluding steroid dienone is 1. The summed E-state index contributed by atoms with van der Waals surface area (Å²) in [6.07, 6.45) is 3.30. The summed E-state index contributed by atoms with van der Waals surface area (Å²) in [6, 6.07) is 22.8. The number of thiazole rings is 1. The van der Waals surface area contributed by atoms with Gasteiger partial charge in [-0.25, -0.2) is 9.79 Å². The minimum Gasteiger partial charge on any atom is -0.496 e. The number of hydrogen-bond donors (Lipinski definition) is 0. The van der Waals surface area contributed by atoms with Crippen molar-refractivity contribution >= 4 is 45.9 Å². The molecule has 0 saturated heterocycles. The largest absolute Gasteiger partial charge is 0.496 e. The highest BCUT2D eigenvalue weighted by atomic mass is 35.5. The van der Waals surface area contributed by atoms with Crippen molar-refractivity contribution in [1.82, 2.24) is 9.13 Å². The van der Waals surface area contributed by atoms with E-state index >= 15 is 0 Å². The van der Waals surface area contributed by atoms with Crippen molar-refractivity contribution in [3.63, 3.8) is 0 Å². The third kappa shape index (κ3) is 5.53. The van der Waals surface area contributed by atoms with Crippen molar-refractivity contribution in [2.75, 3.05) is 13.7 Å². The van der Waals surface area contributed by atoms with E-state index in [4.69, 9.17) is 26.1 Å². The second-order valence-electron chi connectivity index (χ2n) is 10.8. The maximum absolute atomic E-state index is 14.4. The highest BCUT2D eigenvalue weighted by Crippen LogP contribution is 2.37. The first-order chi connectivity index (χ1) is 21.9. The van der Waals surface area contributed by atoms with Crippen LogP contribution in [0.15, 0.2) is 93.9 Å². The number of para-hydroxylation sites is 2. The summed E-state index contributed by atoms with van der Waals surface area (Å²) >= 11 is 7.88. The van der Waals surface area contributed by atoms with E-state index in [-0.39, 0.29) is 12.2 Å². The molecular formula is C36H34ClN3O4S. The second kappa shape index (κ2) is 12.9. The fraction of sp³-hybridized carbons (Fsp3) is 0.250. The number of methoxy groups -OCH3 is 1. The number of benzene rings is 3. The minimum absolute atomic E-state index is 0.211. The third-order valence-corrected chi connectivity index (χ3v) is 9.52. The van der Waals surface area contributed by atoms with E-state index < -0.39 is 12.0 Å². The highest BCUT2D eigenvalue weighted by molar-refractivity contribution is 7.07. The normalized spacial score (nSPS) is 14.9. The quantitative estimate of drug-likeness (QED) is 0.171. The summed E-state index contributed by atoms with van der Waals surface area (Å²) < 4.78 is 15.6. The van der Waals surface area contributed by atoms with Crippen LogP contribution in [0.2, 0.25) is 5.02 Å². The molecule has 1 aliphatic heterocycles. The summed E-state index contributed by atoms with van der Waals surface area (Å²) in [6.45, 7) is 6.69. The van der Waals surface area contributed by atoms with E-state index in [9.17, 15) is 9.59 Å². The summed E-state index contributed by atoms with van der Waals surface area (Å²) in [4.78, 5) is 33.4. The van der Waals surface area contributed by atoms with Crippen molar-refractivity contribution in [2.45, 2.75) is 46.2 Å². The van der Waals surface area contributed by atoms with Crippen LogP contribution in [-0.2, 0) is 16.1 Å². The molecule has 0 fully saturated rings. The molecule has 0 radical (unpaired) electrons. The van der Waals surface area contributed by atoms with Gasteiger partial charge in [0.2, 0.25) is 0 Å². The number of aromatic nitrogens is 2. The second-order valence-corrected chi connectivity index (χ2v) is 12.3. The molecule has 1 atom stereocenters. The summed E-state index contributed by atoms with van der Waals surface area (Å²) in [5, 5.41) is 1.74. The maximum atomic E-state index is 14.4. The number of nitrogens with zero attached hydrogens (tertiary/aromatic N) is 3. The molecule has 3 aromatic carbocycles. The lowest BCUT2D eigenvalue weighted by molar-refractivity contribution is -0.139. The van der Waals surface area contributed by atoms with Gasteiger partial charge >= 0.3 is 5.97 Å². The van der Waals surface area contributed by atoms with Gasteiger partial charge in [-0.05, 0) is 50.1 Å². The van der Waals surface area contributed by atoms with Gasteiger partial charge in [-0.3, -0.25) is 9.36 Å². The Morgan fingerprint density at radius 3 is 2.53 bits per heavy atom. The van der Waals surface area contributed by atoms with Gasteiger partial charge in [0.25, 0.3) is 5.56 Å². The van der Waals surface area contributed by atoms with Crippen molar-refractivity contribution in [1.29, 1.82) is 0 Å². The predicted molar refractivity (Wildman–Crippen MR) is 180 cm³/mol. The fourth-order valence-electron chi connectivity index (χ4n) is 6.08. The van der Waals surface area contributed by atoms with E-state index in [0.29, 0.717) is 49.9 Å². The summed E-state index contributed by atoms with van der Waals surface area (Å²) in [5.74, 6) is 0.100. The zero-order valence-electron chi connectivity index (χ0n) is 25.7. The number of esters is 1. The lowest BCUT2D eigenvalue weighted by Gasteiger charge is -2.26. The first kappa shape index (κ1) is 30.6. The molecule has 6 rings (SSSR count). The molecule has 0 saturated carbocycles. The predicted octanol–water partition coefficient (Wildman–Crippen LogP) is 6.55.